The van der Waals surface area contributed by atoms with Gasteiger partial charge >= 0.3 is 0 Å². The predicted octanol–water partition coefficient (Wildman–Crippen LogP) is 4.79. The van der Waals surface area contributed by atoms with E-state index in [9.17, 15) is 13.2 Å². The number of halogens is 4. The highest BCUT2D eigenvalue weighted by Crippen LogP contribution is 2.30. The molecule has 0 unspecified atom stereocenters. The molecule has 0 bridgehead atoms. The van der Waals surface area contributed by atoms with Crippen LogP contribution in [0.1, 0.15) is 5.56 Å². The average Bonchev–Trinajstić information content (AvgIpc) is 2.30. The minimum absolute atomic E-state index is 0.0422. The maximum Gasteiger partial charge on any atom is 0.167 e. The summed E-state index contributed by atoms with van der Waals surface area (Å²) in [5.74, 6) is -2.26. The molecule has 0 heterocycles. The quantitative estimate of drug-likeness (QED) is 0.740. The summed E-state index contributed by atoms with van der Waals surface area (Å²) in [5.41, 5.74) is 0.555. The van der Waals surface area contributed by atoms with E-state index in [-0.39, 0.29) is 11.5 Å². The summed E-state index contributed by atoms with van der Waals surface area (Å²) in [5, 5.41) is 0.373. The number of rotatable bonds is 3. The molecule has 5 heteroatoms. The Morgan fingerprint density at radius 3 is 2.28 bits per heavy atom. The Kier molecular flexibility index (Phi) is 3.91. The molecule has 94 valence electrons. The third-order valence-electron chi connectivity index (χ3n) is 2.25. The molecule has 18 heavy (non-hydrogen) atoms. The Morgan fingerprint density at radius 2 is 1.67 bits per heavy atom. The summed E-state index contributed by atoms with van der Waals surface area (Å²) in [4.78, 5) is 0. The predicted molar refractivity (Wildman–Crippen MR) is 65.5 cm³/mol. The van der Waals surface area contributed by atoms with Gasteiger partial charge in [0, 0.05) is 29.1 Å². The van der Waals surface area contributed by atoms with Gasteiger partial charge in [0.05, 0.1) is 0 Å². The first kappa shape index (κ1) is 13.0. The summed E-state index contributed by atoms with van der Waals surface area (Å²) >= 11 is 3.19. The lowest BCUT2D eigenvalue weighted by Gasteiger charge is -2.10. The molecular formula is C13H8BrF3O. The Hall–Kier alpha value is -1.49. The third kappa shape index (κ3) is 2.85. The summed E-state index contributed by atoms with van der Waals surface area (Å²) in [6.07, 6.45) is 0. The number of ether oxygens (including phenoxy) is 1. The van der Waals surface area contributed by atoms with Crippen LogP contribution in [0.15, 0.2) is 36.4 Å². The van der Waals surface area contributed by atoms with Gasteiger partial charge in [-0.3, -0.25) is 0 Å². The summed E-state index contributed by atoms with van der Waals surface area (Å²) < 4.78 is 44.8. The van der Waals surface area contributed by atoms with E-state index < -0.39 is 17.5 Å². The van der Waals surface area contributed by atoms with Crippen molar-refractivity contribution in [2.24, 2.45) is 0 Å². The first-order valence-electron chi connectivity index (χ1n) is 5.07. The van der Waals surface area contributed by atoms with Crippen LogP contribution in [0.3, 0.4) is 0 Å². The Balaban J connectivity index is 2.39. The Bertz CT molecular complexity index is 552. The molecular weight excluding hydrogens is 309 g/mol. The highest BCUT2D eigenvalue weighted by molar-refractivity contribution is 9.08. The monoisotopic (exact) mass is 316 g/mol. The number of alkyl halides is 1. The van der Waals surface area contributed by atoms with Crippen LogP contribution in [0, 0.1) is 17.5 Å². The van der Waals surface area contributed by atoms with Crippen molar-refractivity contribution in [2.45, 2.75) is 5.33 Å². The van der Waals surface area contributed by atoms with E-state index in [0.29, 0.717) is 10.9 Å². The van der Waals surface area contributed by atoms with Gasteiger partial charge in [-0.1, -0.05) is 28.1 Å². The van der Waals surface area contributed by atoms with Crippen LogP contribution in [0.25, 0.3) is 0 Å². The number of hydrogen-bond acceptors (Lipinski definition) is 1. The molecule has 2 aromatic carbocycles. The molecule has 0 aliphatic rings. The van der Waals surface area contributed by atoms with Gasteiger partial charge in [-0.25, -0.2) is 13.2 Å². The molecule has 0 N–H and O–H groups in total. The van der Waals surface area contributed by atoms with Crippen LogP contribution in [-0.2, 0) is 5.33 Å². The van der Waals surface area contributed by atoms with E-state index in [4.69, 9.17) is 4.74 Å². The van der Waals surface area contributed by atoms with Crippen molar-refractivity contribution in [1.29, 1.82) is 0 Å². The zero-order valence-corrected chi connectivity index (χ0v) is 10.7. The first-order valence-corrected chi connectivity index (χ1v) is 6.19. The second-order valence-corrected chi connectivity index (χ2v) is 4.13. The number of benzene rings is 2. The largest absolute Gasteiger partial charge is 0.454 e. The van der Waals surface area contributed by atoms with Gasteiger partial charge < -0.3 is 4.74 Å². The second-order valence-electron chi connectivity index (χ2n) is 3.57. The van der Waals surface area contributed by atoms with Crippen LogP contribution < -0.4 is 4.74 Å². The summed E-state index contributed by atoms with van der Waals surface area (Å²) in [7, 11) is 0. The highest BCUT2D eigenvalue weighted by Gasteiger charge is 2.11. The smallest absolute Gasteiger partial charge is 0.167 e. The van der Waals surface area contributed by atoms with Crippen molar-refractivity contribution in [1.82, 2.24) is 0 Å². The molecule has 0 radical (unpaired) electrons. The van der Waals surface area contributed by atoms with Gasteiger partial charge in [-0.2, -0.15) is 0 Å². The molecule has 1 nitrogen and oxygen atoms in total. The van der Waals surface area contributed by atoms with Crippen molar-refractivity contribution in [3.63, 3.8) is 0 Å². The van der Waals surface area contributed by atoms with Crippen molar-refractivity contribution in [2.75, 3.05) is 0 Å². The van der Waals surface area contributed by atoms with Crippen molar-refractivity contribution in [3.05, 3.63) is 59.4 Å². The lowest BCUT2D eigenvalue weighted by molar-refractivity contribution is 0.430. The van der Waals surface area contributed by atoms with Gasteiger partial charge in [0.1, 0.15) is 17.4 Å². The molecule has 0 aliphatic heterocycles. The van der Waals surface area contributed by atoms with Gasteiger partial charge in [-0.15, -0.1) is 0 Å². The molecule has 0 aliphatic carbocycles. The minimum Gasteiger partial charge on any atom is -0.454 e. The minimum atomic E-state index is -0.776. The molecule has 0 aromatic heterocycles. The topological polar surface area (TPSA) is 9.23 Å². The Morgan fingerprint density at radius 1 is 1.00 bits per heavy atom. The van der Waals surface area contributed by atoms with Crippen LogP contribution in [0.4, 0.5) is 13.2 Å². The molecule has 0 amide bonds. The fourth-order valence-electron chi connectivity index (χ4n) is 1.48. The van der Waals surface area contributed by atoms with Crippen molar-refractivity contribution < 1.29 is 17.9 Å². The third-order valence-corrected chi connectivity index (χ3v) is 2.85. The molecule has 0 spiro atoms. The normalized spacial score (nSPS) is 10.4. The van der Waals surface area contributed by atoms with Gasteiger partial charge in [0.15, 0.2) is 11.6 Å². The molecule has 2 rings (SSSR count). The highest BCUT2D eigenvalue weighted by atomic mass is 79.9. The fourth-order valence-corrected chi connectivity index (χ4v) is 1.92. The van der Waals surface area contributed by atoms with Crippen LogP contribution in [-0.4, -0.2) is 0 Å². The maximum absolute atomic E-state index is 13.6. The SMILES string of the molecule is Fc1cc(F)cc(Oc2c(F)cccc2CBr)c1. The van der Waals surface area contributed by atoms with E-state index >= 15 is 0 Å². The molecule has 0 saturated heterocycles. The number of hydrogen-bond donors (Lipinski definition) is 0. The van der Waals surface area contributed by atoms with E-state index in [1.54, 1.807) is 6.07 Å². The van der Waals surface area contributed by atoms with Crippen molar-refractivity contribution in [3.8, 4) is 11.5 Å². The molecule has 0 fully saturated rings. The first-order chi connectivity index (χ1) is 8.60. The lowest BCUT2D eigenvalue weighted by Crippen LogP contribution is -1.94. The summed E-state index contributed by atoms with van der Waals surface area (Å²) in [6, 6.07) is 7.12. The van der Waals surface area contributed by atoms with E-state index in [0.717, 1.165) is 18.2 Å². The standard InChI is InChI=1S/C13H8BrF3O/c14-7-8-2-1-3-12(17)13(8)18-11-5-9(15)4-10(16)6-11/h1-6H,7H2. The van der Waals surface area contributed by atoms with E-state index in [2.05, 4.69) is 15.9 Å². The van der Waals surface area contributed by atoms with Crippen LogP contribution in [0.2, 0.25) is 0 Å². The van der Waals surface area contributed by atoms with E-state index in [1.165, 1.54) is 12.1 Å². The van der Waals surface area contributed by atoms with Crippen LogP contribution >= 0.6 is 15.9 Å². The molecule has 2 aromatic rings. The van der Waals surface area contributed by atoms with Crippen LogP contribution in [0.5, 0.6) is 11.5 Å². The second kappa shape index (κ2) is 5.44. The zero-order valence-electron chi connectivity index (χ0n) is 9.09. The fraction of sp³-hybridized carbons (Fsp3) is 0.0769. The van der Waals surface area contributed by atoms with Gasteiger partial charge in [0.25, 0.3) is 0 Å². The molecule has 0 saturated carbocycles. The maximum atomic E-state index is 13.6. The van der Waals surface area contributed by atoms with Gasteiger partial charge in [0.2, 0.25) is 0 Å². The van der Waals surface area contributed by atoms with E-state index in [1.807, 2.05) is 0 Å². The average molecular weight is 317 g/mol. The number of para-hydroxylation sites is 1. The molecule has 0 atom stereocenters. The summed E-state index contributed by atoms with van der Waals surface area (Å²) in [6.45, 7) is 0. The van der Waals surface area contributed by atoms with Crippen molar-refractivity contribution >= 4 is 15.9 Å². The Labute approximate surface area is 110 Å². The van der Waals surface area contributed by atoms with Gasteiger partial charge in [-0.05, 0) is 6.07 Å². The zero-order chi connectivity index (χ0) is 13.1. The lowest BCUT2D eigenvalue weighted by atomic mass is 10.2.